The Bertz CT molecular complexity index is 641. The molecule has 23 heavy (non-hydrogen) atoms. The van der Waals surface area contributed by atoms with Gasteiger partial charge in [0, 0.05) is 5.92 Å². The van der Waals surface area contributed by atoms with Gasteiger partial charge in [-0.2, -0.15) is 5.10 Å². The van der Waals surface area contributed by atoms with Gasteiger partial charge in [0.05, 0.1) is 36.5 Å². The fraction of sp³-hybridized carbons (Fsp3) is 0.588. The van der Waals surface area contributed by atoms with Gasteiger partial charge in [0.15, 0.2) is 11.5 Å². The summed E-state index contributed by atoms with van der Waals surface area (Å²) in [4.78, 5) is 2.54. The third kappa shape index (κ3) is 2.37. The van der Waals surface area contributed by atoms with Gasteiger partial charge in [-0.25, -0.2) is 0 Å². The summed E-state index contributed by atoms with van der Waals surface area (Å²) in [6.07, 6.45) is 2.47. The predicted molar refractivity (Wildman–Crippen MR) is 90.6 cm³/mol. The molecule has 2 bridgehead atoms. The Hall–Kier alpha value is -1.46. The molecular weight excluding hydrogens is 314 g/mol. The Kier molecular flexibility index (Phi) is 3.85. The van der Waals surface area contributed by atoms with Gasteiger partial charge < -0.3 is 14.9 Å². The standard InChI is InChI=1S/C17H22ClN3O2/c1-3-23-17-12(18)8-11(9-13(17)22-2)15-16-14(19-20-15)10-4-6-21(16)7-5-10/h8-10,15-16,20H,3-7H2,1-2H3. The highest BCUT2D eigenvalue weighted by molar-refractivity contribution is 6.32. The van der Waals surface area contributed by atoms with Gasteiger partial charge in [-0.1, -0.05) is 11.6 Å². The van der Waals surface area contributed by atoms with Crippen LogP contribution in [0.1, 0.15) is 31.4 Å². The fourth-order valence-corrected chi connectivity index (χ4v) is 4.39. The summed E-state index contributed by atoms with van der Waals surface area (Å²) in [6, 6.07) is 4.49. The predicted octanol–water partition coefficient (Wildman–Crippen LogP) is 2.84. The van der Waals surface area contributed by atoms with Crippen LogP contribution in [0.4, 0.5) is 0 Å². The summed E-state index contributed by atoms with van der Waals surface area (Å²) in [6.45, 7) is 4.82. The van der Waals surface area contributed by atoms with Gasteiger partial charge in [-0.15, -0.1) is 0 Å². The minimum absolute atomic E-state index is 0.134. The van der Waals surface area contributed by atoms with Gasteiger partial charge in [0.2, 0.25) is 0 Å². The molecule has 0 amide bonds. The van der Waals surface area contributed by atoms with Crippen molar-refractivity contribution in [3.63, 3.8) is 0 Å². The molecule has 5 nitrogen and oxygen atoms in total. The van der Waals surface area contributed by atoms with Crippen molar-refractivity contribution in [2.24, 2.45) is 11.0 Å². The van der Waals surface area contributed by atoms with Crippen molar-refractivity contribution in [3.05, 3.63) is 22.7 Å². The molecule has 0 spiro atoms. The monoisotopic (exact) mass is 335 g/mol. The molecule has 6 heteroatoms. The molecule has 0 aliphatic carbocycles. The van der Waals surface area contributed by atoms with E-state index >= 15 is 0 Å². The number of ether oxygens (including phenoxy) is 2. The lowest BCUT2D eigenvalue weighted by Gasteiger charge is -2.45. The van der Waals surface area contributed by atoms with Gasteiger partial charge >= 0.3 is 0 Å². The maximum Gasteiger partial charge on any atom is 0.179 e. The van der Waals surface area contributed by atoms with Crippen molar-refractivity contribution in [3.8, 4) is 11.5 Å². The first-order chi connectivity index (χ1) is 11.2. The summed E-state index contributed by atoms with van der Waals surface area (Å²) in [5, 5.41) is 5.24. The Morgan fingerprint density at radius 1 is 1.35 bits per heavy atom. The molecule has 0 saturated carbocycles. The second-order valence-electron chi connectivity index (χ2n) is 6.37. The zero-order valence-electron chi connectivity index (χ0n) is 13.5. The topological polar surface area (TPSA) is 46.1 Å². The van der Waals surface area contributed by atoms with Crippen molar-refractivity contribution in [1.82, 2.24) is 10.3 Å². The number of fused-ring (bicyclic) bond motifs is 2. The van der Waals surface area contributed by atoms with Gasteiger partial charge in [-0.3, -0.25) is 4.90 Å². The third-order valence-electron chi connectivity index (χ3n) is 5.19. The highest BCUT2D eigenvalue weighted by atomic mass is 35.5. The van der Waals surface area contributed by atoms with Crippen molar-refractivity contribution in [2.75, 3.05) is 26.8 Å². The minimum atomic E-state index is 0.134. The van der Waals surface area contributed by atoms with E-state index in [-0.39, 0.29) is 6.04 Å². The highest BCUT2D eigenvalue weighted by Gasteiger charge is 2.47. The largest absolute Gasteiger partial charge is 0.493 e. The molecule has 124 valence electrons. The number of nitrogens with one attached hydrogen (secondary N) is 1. The molecule has 3 fully saturated rings. The molecule has 1 aromatic carbocycles. The number of halogens is 1. The first-order valence-electron chi connectivity index (χ1n) is 8.30. The zero-order chi connectivity index (χ0) is 16.0. The van der Waals surface area contributed by atoms with E-state index in [1.54, 1.807) is 7.11 Å². The number of hydrogen-bond acceptors (Lipinski definition) is 5. The van der Waals surface area contributed by atoms with Gasteiger partial charge in [0.25, 0.3) is 0 Å². The molecule has 0 radical (unpaired) electrons. The zero-order valence-corrected chi connectivity index (χ0v) is 14.3. The number of benzene rings is 1. The molecule has 2 unspecified atom stereocenters. The van der Waals surface area contributed by atoms with E-state index in [2.05, 4.69) is 15.4 Å². The van der Waals surface area contributed by atoms with Crippen molar-refractivity contribution < 1.29 is 9.47 Å². The summed E-state index contributed by atoms with van der Waals surface area (Å²) >= 11 is 6.44. The number of nitrogens with zero attached hydrogens (tertiary/aromatic N) is 2. The number of piperidine rings is 3. The molecule has 2 atom stereocenters. The molecule has 4 heterocycles. The molecule has 0 aromatic heterocycles. The number of hydrogen-bond donors (Lipinski definition) is 1. The van der Waals surface area contributed by atoms with E-state index in [0.717, 1.165) is 18.7 Å². The molecule has 4 aliphatic heterocycles. The maximum absolute atomic E-state index is 6.44. The second kappa shape index (κ2) is 5.87. The van der Waals surface area contributed by atoms with E-state index < -0.39 is 0 Å². The third-order valence-corrected chi connectivity index (χ3v) is 5.47. The van der Waals surface area contributed by atoms with Crippen LogP contribution in [0.3, 0.4) is 0 Å². The Balaban J connectivity index is 1.68. The highest BCUT2D eigenvalue weighted by Crippen LogP contribution is 2.43. The Morgan fingerprint density at radius 3 is 2.83 bits per heavy atom. The normalized spacial score (nSPS) is 31.3. The molecule has 3 saturated heterocycles. The van der Waals surface area contributed by atoms with E-state index in [9.17, 15) is 0 Å². The first kappa shape index (κ1) is 15.1. The fourth-order valence-electron chi connectivity index (χ4n) is 4.12. The van der Waals surface area contributed by atoms with E-state index in [1.165, 1.54) is 18.6 Å². The number of hydrazone groups is 1. The van der Waals surface area contributed by atoms with E-state index in [0.29, 0.717) is 35.1 Å². The second-order valence-corrected chi connectivity index (χ2v) is 6.77. The minimum Gasteiger partial charge on any atom is -0.493 e. The number of methoxy groups -OCH3 is 1. The van der Waals surface area contributed by atoms with Crippen LogP contribution in [0.5, 0.6) is 11.5 Å². The van der Waals surface area contributed by atoms with Crippen LogP contribution in [0.25, 0.3) is 0 Å². The molecule has 1 N–H and O–H groups in total. The van der Waals surface area contributed by atoms with Crippen molar-refractivity contribution in [2.45, 2.75) is 31.8 Å². The average Bonchev–Trinajstić information content (AvgIpc) is 3.05. The van der Waals surface area contributed by atoms with Crippen LogP contribution in [0.15, 0.2) is 17.2 Å². The van der Waals surface area contributed by atoms with Crippen molar-refractivity contribution >= 4 is 17.3 Å². The molecule has 5 rings (SSSR count). The Morgan fingerprint density at radius 2 is 2.13 bits per heavy atom. The average molecular weight is 336 g/mol. The molecule has 1 aromatic rings. The van der Waals surface area contributed by atoms with Crippen LogP contribution >= 0.6 is 11.6 Å². The SMILES string of the molecule is CCOc1c(Cl)cc(C2NN=C3C4CCN(CC4)C32)cc1OC. The smallest absolute Gasteiger partial charge is 0.179 e. The van der Waals surface area contributed by atoms with E-state index in [1.807, 2.05) is 19.1 Å². The summed E-state index contributed by atoms with van der Waals surface area (Å²) in [7, 11) is 1.65. The van der Waals surface area contributed by atoms with Crippen LogP contribution in [-0.2, 0) is 0 Å². The lowest BCUT2D eigenvalue weighted by atomic mass is 9.78. The summed E-state index contributed by atoms with van der Waals surface area (Å²) in [5.41, 5.74) is 5.76. The van der Waals surface area contributed by atoms with E-state index in [4.69, 9.17) is 21.1 Å². The van der Waals surface area contributed by atoms with Crippen LogP contribution in [0.2, 0.25) is 5.02 Å². The van der Waals surface area contributed by atoms with Crippen LogP contribution in [-0.4, -0.2) is 43.5 Å². The van der Waals surface area contributed by atoms with Crippen molar-refractivity contribution in [1.29, 1.82) is 0 Å². The van der Waals surface area contributed by atoms with Gasteiger partial charge in [0.1, 0.15) is 0 Å². The summed E-state index contributed by atoms with van der Waals surface area (Å²) in [5.74, 6) is 1.94. The molecule has 4 aliphatic rings. The van der Waals surface area contributed by atoms with Gasteiger partial charge in [-0.05, 0) is 50.6 Å². The summed E-state index contributed by atoms with van der Waals surface area (Å²) < 4.78 is 11.1. The maximum atomic E-state index is 6.44. The lowest BCUT2D eigenvalue weighted by molar-refractivity contribution is 0.133. The molecular formula is C17H22ClN3O2. The first-order valence-corrected chi connectivity index (χ1v) is 8.68. The van der Waals surface area contributed by atoms with Crippen LogP contribution in [0, 0.1) is 5.92 Å². The number of rotatable bonds is 4. The quantitative estimate of drug-likeness (QED) is 0.919. The Labute approximate surface area is 141 Å². The lowest BCUT2D eigenvalue weighted by Crippen LogP contribution is -2.56. The van der Waals surface area contributed by atoms with Crippen LogP contribution < -0.4 is 14.9 Å².